The van der Waals surface area contributed by atoms with Gasteiger partial charge in [0.1, 0.15) is 6.54 Å². The molecule has 5 heteroatoms. The van der Waals surface area contributed by atoms with E-state index in [1.807, 2.05) is 19.2 Å². The van der Waals surface area contributed by atoms with Gasteiger partial charge in [0, 0.05) is 12.1 Å². The second kappa shape index (κ2) is 3.18. The molecule has 1 aliphatic carbocycles. The standard InChI is InChI=1S/C10H12N4O/c1-7-4-5-14(12-7)6-9-11-10(13-15-9)8-2-3-8/h4-5,8H,2-3,6H2,1H3. The molecule has 0 saturated heterocycles. The van der Waals surface area contributed by atoms with E-state index in [1.54, 1.807) is 4.68 Å². The largest absolute Gasteiger partial charge is 0.337 e. The zero-order valence-corrected chi connectivity index (χ0v) is 8.55. The Kier molecular flexibility index (Phi) is 1.83. The van der Waals surface area contributed by atoms with E-state index < -0.39 is 0 Å². The first-order chi connectivity index (χ1) is 7.31. The number of nitrogens with zero attached hydrogens (tertiary/aromatic N) is 4. The summed E-state index contributed by atoms with van der Waals surface area (Å²) in [5.74, 6) is 2.04. The van der Waals surface area contributed by atoms with Crippen molar-refractivity contribution in [2.75, 3.05) is 0 Å². The Hall–Kier alpha value is -1.65. The molecule has 1 aliphatic rings. The van der Waals surface area contributed by atoms with Crippen molar-refractivity contribution >= 4 is 0 Å². The molecule has 0 amide bonds. The molecule has 1 saturated carbocycles. The quantitative estimate of drug-likeness (QED) is 0.760. The van der Waals surface area contributed by atoms with E-state index in [-0.39, 0.29) is 0 Å². The first-order valence-electron chi connectivity index (χ1n) is 5.14. The van der Waals surface area contributed by atoms with Crippen LogP contribution < -0.4 is 0 Å². The first kappa shape index (κ1) is 8.64. The third kappa shape index (κ3) is 1.77. The Morgan fingerprint density at radius 1 is 1.53 bits per heavy atom. The molecule has 0 unspecified atom stereocenters. The minimum atomic E-state index is 0.543. The molecule has 0 aliphatic heterocycles. The molecule has 5 nitrogen and oxygen atoms in total. The van der Waals surface area contributed by atoms with Crippen LogP contribution in [-0.4, -0.2) is 19.9 Å². The molecule has 0 atom stereocenters. The Morgan fingerprint density at radius 3 is 3.07 bits per heavy atom. The van der Waals surface area contributed by atoms with Crippen LogP contribution in [0.15, 0.2) is 16.8 Å². The zero-order chi connectivity index (χ0) is 10.3. The molecular formula is C10H12N4O. The summed E-state index contributed by atoms with van der Waals surface area (Å²) in [7, 11) is 0. The number of rotatable bonds is 3. The van der Waals surface area contributed by atoms with Crippen LogP contribution in [0.4, 0.5) is 0 Å². The van der Waals surface area contributed by atoms with Crippen LogP contribution in [0.25, 0.3) is 0 Å². The number of hydrogen-bond acceptors (Lipinski definition) is 4. The lowest BCUT2D eigenvalue weighted by Crippen LogP contribution is -2.00. The molecule has 15 heavy (non-hydrogen) atoms. The fraction of sp³-hybridized carbons (Fsp3) is 0.500. The normalized spacial score (nSPS) is 15.8. The van der Waals surface area contributed by atoms with Gasteiger partial charge in [-0.05, 0) is 25.8 Å². The van der Waals surface area contributed by atoms with Crippen molar-refractivity contribution in [1.82, 2.24) is 19.9 Å². The second-order valence-electron chi connectivity index (χ2n) is 3.98. The van der Waals surface area contributed by atoms with E-state index in [0.717, 1.165) is 11.5 Å². The summed E-state index contributed by atoms with van der Waals surface area (Å²) in [6, 6.07) is 1.96. The van der Waals surface area contributed by atoms with Crippen molar-refractivity contribution in [3.8, 4) is 0 Å². The van der Waals surface area contributed by atoms with Crippen LogP contribution in [0.1, 0.15) is 36.2 Å². The molecule has 3 rings (SSSR count). The zero-order valence-electron chi connectivity index (χ0n) is 8.55. The van der Waals surface area contributed by atoms with E-state index in [2.05, 4.69) is 15.2 Å². The van der Waals surface area contributed by atoms with Gasteiger partial charge < -0.3 is 4.52 Å². The van der Waals surface area contributed by atoms with E-state index >= 15 is 0 Å². The first-order valence-corrected chi connectivity index (χ1v) is 5.14. The number of aromatic nitrogens is 4. The van der Waals surface area contributed by atoms with Crippen LogP contribution in [0.3, 0.4) is 0 Å². The van der Waals surface area contributed by atoms with Crippen molar-refractivity contribution in [3.63, 3.8) is 0 Å². The number of hydrogen-bond donors (Lipinski definition) is 0. The van der Waals surface area contributed by atoms with Gasteiger partial charge in [-0.1, -0.05) is 5.16 Å². The summed E-state index contributed by atoms with van der Waals surface area (Å²) in [4.78, 5) is 4.34. The third-order valence-corrected chi connectivity index (χ3v) is 2.50. The summed E-state index contributed by atoms with van der Waals surface area (Å²) in [6.07, 6.45) is 4.30. The van der Waals surface area contributed by atoms with Crippen molar-refractivity contribution in [1.29, 1.82) is 0 Å². The van der Waals surface area contributed by atoms with Gasteiger partial charge in [0.15, 0.2) is 5.82 Å². The van der Waals surface area contributed by atoms with Gasteiger partial charge in [0.05, 0.1) is 5.69 Å². The average molecular weight is 204 g/mol. The summed E-state index contributed by atoms with van der Waals surface area (Å²) in [5, 5.41) is 8.22. The fourth-order valence-electron chi connectivity index (χ4n) is 1.53. The van der Waals surface area contributed by atoms with E-state index in [4.69, 9.17) is 4.52 Å². The monoisotopic (exact) mass is 204 g/mol. The molecule has 0 spiro atoms. The van der Waals surface area contributed by atoms with Gasteiger partial charge in [-0.15, -0.1) is 0 Å². The summed E-state index contributed by atoms with van der Waals surface area (Å²) < 4.78 is 6.96. The van der Waals surface area contributed by atoms with Gasteiger partial charge >= 0.3 is 0 Å². The molecule has 0 bridgehead atoms. The maximum absolute atomic E-state index is 5.16. The van der Waals surface area contributed by atoms with E-state index in [1.165, 1.54) is 12.8 Å². The van der Waals surface area contributed by atoms with E-state index in [0.29, 0.717) is 18.4 Å². The lowest BCUT2D eigenvalue weighted by Gasteiger charge is -1.93. The predicted octanol–water partition coefficient (Wildman–Crippen LogP) is 1.50. The maximum atomic E-state index is 5.16. The highest BCUT2D eigenvalue weighted by Gasteiger charge is 2.28. The second-order valence-corrected chi connectivity index (χ2v) is 3.98. The highest BCUT2D eigenvalue weighted by molar-refractivity contribution is 5.03. The van der Waals surface area contributed by atoms with E-state index in [9.17, 15) is 0 Å². The van der Waals surface area contributed by atoms with Crippen LogP contribution in [0.2, 0.25) is 0 Å². The van der Waals surface area contributed by atoms with Gasteiger partial charge in [-0.2, -0.15) is 10.1 Å². The van der Waals surface area contributed by atoms with Crippen LogP contribution in [-0.2, 0) is 6.54 Å². The molecule has 0 aromatic carbocycles. The van der Waals surface area contributed by atoms with Gasteiger partial charge in [0.25, 0.3) is 0 Å². The van der Waals surface area contributed by atoms with Crippen molar-refractivity contribution in [2.45, 2.75) is 32.2 Å². The summed E-state index contributed by atoms with van der Waals surface area (Å²) >= 11 is 0. The third-order valence-electron chi connectivity index (χ3n) is 2.50. The SMILES string of the molecule is Cc1ccn(Cc2nc(C3CC3)no2)n1. The Balaban J connectivity index is 1.75. The minimum Gasteiger partial charge on any atom is -0.337 e. The molecule has 2 aromatic rings. The molecule has 78 valence electrons. The lowest BCUT2D eigenvalue weighted by atomic mass is 10.4. The van der Waals surface area contributed by atoms with Gasteiger partial charge in [-0.3, -0.25) is 4.68 Å². The Bertz CT molecular complexity index is 469. The highest BCUT2D eigenvalue weighted by atomic mass is 16.5. The summed E-state index contributed by atoms with van der Waals surface area (Å²) in [5.41, 5.74) is 0.997. The van der Waals surface area contributed by atoms with Crippen molar-refractivity contribution < 1.29 is 4.52 Å². The average Bonchev–Trinajstić information content (AvgIpc) is 2.84. The highest BCUT2D eigenvalue weighted by Crippen LogP contribution is 2.38. The fourth-order valence-corrected chi connectivity index (χ4v) is 1.53. The van der Waals surface area contributed by atoms with Gasteiger partial charge in [0.2, 0.25) is 5.89 Å². The molecule has 1 fully saturated rings. The minimum absolute atomic E-state index is 0.543. The molecular weight excluding hydrogens is 192 g/mol. The smallest absolute Gasteiger partial charge is 0.248 e. The van der Waals surface area contributed by atoms with Crippen LogP contribution >= 0.6 is 0 Å². The summed E-state index contributed by atoms with van der Waals surface area (Å²) in [6.45, 7) is 2.52. The van der Waals surface area contributed by atoms with Crippen LogP contribution in [0, 0.1) is 6.92 Å². The lowest BCUT2D eigenvalue weighted by molar-refractivity contribution is 0.361. The predicted molar refractivity (Wildman–Crippen MR) is 52.3 cm³/mol. The Morgan fingerprint density at radius 2 is 2.40 bits per heavy atom. The van der Waals surface area contributed by atoms with Crippen LogP contribution in [0.5, 0.6) is 0 Å². The Labute approximate surface area is 87.1 Å². The molecule has 0 radical (unpaired) electrons. The van der Waals surface area contributed by atoms with Crippen molar-refractivity contribution in [2.24, 2.45) is 0 Å². The molecule has 2 heterocycles. The topological polar surface area (TPSA) is 56.7 Å². The molecule has 2 aromatic heterocycles. The molecule has 0 N–H and O–H groups in total. The number of aryl methyl sites for hydroxylation is 1. The maximum Gasteiger partial charge on any atom is 0.248 e. The van der Waals surface area contributed by atoms with Gasteiger partial charge in [-0.25, -0.2) is 0 Å². The van der Waals surface area contributed by atoms with Crippen molar-refractivity contribution in [3.05, 3.63) is 29.7 Å².